The molecule has 0 saturated heterocycles. The van der Waals surface area contributed by atoms with Crippen LogP contribution >= 0.6 is 0 Å². The van der Waals surface area contributed by atoms with E-state index in [0.717, 1.165) is 35.7 Å². The number of rotatable bonds is 2. The molecule has 2 aromatic rings. The van der Waals surface area contributed by atoms with E-state index < -0.39 is 0 Å². The molecular formula is C16H19N3O. The lowest BCUT2D eigenvalue weighted by atomic mass is 10.1. The van der Waals surface area contributed by atoms with E-state index in [2.05, 4.69) is 10.6 Å². The Labute approximate surface area is 118 Å². The standard InChI is InChI=1S/C16H19N3O/c17-13-8-4-10-15(13)19-16(20)18-14-9-3-6-11-5-1-2-7-12(11)14/h1-3,5-7,9,13,15H,4,8,10,17H2,(H2,18,19,20). The molecule has 2 aromatic carbocycles. The monoisotopic (exact) mass is 269 g/mol. The molecule has 4 N–H and O–H groups in total. The Morgan fingerprint density at radius 1 is 1.10 bits per heavy atom. The Balaban J connectivity index is 1.74. The van der Waals surface area contributed by atoms with Crippen LogP contribution in [-0.2, 0) is 0 Å². The number of carbonyl (C=O) groups is 1. The number of carbonyl (C=O) groups excluding carboxylic acids is 1. The maximum atomic E-state index is 12.1. The van der Waals surface area contributed by atoms with E-state index in [0.29, 0.717) is 0 Å². The molecule has 1 saturated carbocycles. The second kappa shape index (κ2) is 5.51. The molecule has 2 amide bonds. The van der Waals surface area contributed by atoms with Gasteiger partial charge in [0, 0.05) is 17.5 Å². The molecule has 0 heterocycles. The number of nitrogens with two attached hydrogens (primary N) is 1. The smallest absolute Gasteiger partial charge is 0.319 e. The summed E-state index contributed by atoms with van der Waals surface area (Å²) in [4.78, 5) is 12.1. The summed E-state index contributed by atoms with van der Waals surface area (Å²) in [5.41, 5.74) is 6.79. The van der Waals surface area contributed by atoms with Crippen molar-refractivity contribution in [1.82, 2.24) is 5.32 Å². The molecule has 0 bridgehead atoms. The first-order valence-electron chi connectivity index (χ1n) is 7.05. The summed E-state index contributed by atoms with van der Waals surface area (Å²) in [5.74, 6) is 0. The Hall–Kier alpha value is -2.07. The van der Waals surface area contributed by atoms with Crippen LogP contribution in [0.25, 0.3) is 10.8 Å². The second-order valence-corrected chi connectivity index (χ2v) is 5.33. The molecule has 2 atom stereocenters. The third kappa shape index (κ3) is 2.60. The predicted molar refractivity (Wildman–Crippen MR) is 81.7 cm³/mol. The zero-order valence-electron chi connectivity index (χ0n) is 11.3. The van der Waals surface area contributed by atoms with E-state index >= 15 is 0 Å². The van der Waals surface area contributed by atoms with Gasteiger partial charge in [0.1, 0.15) is 0 Å². The molecule has 0 spiro atoms. The second-order valence-electron chi connectivity index (χ2n) is 5.33. The van der Waals surface area contributed by atoms with E-state index in [1.54, 1.807) is 0 Å². The fourth-order valence-corrected chi connectivity index (χ4v) is 2.83. The third-order valence-corrected chi connectivity index (χ3v) is 3.92. The van der Waals surface area contributed by atoms with Crippen molar-refractivity contribution >= 4 is 22.5 Å². The van der Waals surface area contributed by atoms with Crippen LogP contribution in [0, 0.1) is 0 Å². The van der Waals surface area contributed by atoms with Gasteiger partial charge < -0.3 is 16.4 Å². The zero-order chi connectivity index (χ0) is 13.9. The number of anilines is 1. The largest absolute Gasteiger partial charge is 0.334 e. The highest BCUT2D eigenvalue weighted by Gasteiger charge is 2.25. The van der Waals surface area contributed by atoms with Gasteiger partial charge in [0.15, 0.2) is 0 Å². The van der Waals surface area contributed by atoms with Crippen LogP contribution < -0.4 is 16.4 Å². The molecule has 3 rings (SSSR count). The number of fused-ring (bicyclic) bond motifs is 1. The van der Waals surface area contributed by atoms with E-state index in [-0.39, 0.29) is 18.1 Å². The quantitative estimate of drug-likeness (QED) is 0.784. The molecule has 0 aliphatic heterocycles. The van der Waals surface area contributed by atoms with Gasteiger partial charge in [-0.15, -0.1) is 0 Å². The summed E-state index contributed by atoms with van der Waals surface area (Å²) in [6.07, 6.45) is 3.03. The van der Waals surface area contributed by atoms with E-state index in [1.165, 1.54) is 0 Å². The van der Waals surface area contributed by atoms with E-state index in [1.807, 2.05) is 42.5 Å². The van der Waals surface area contributed by atoms with Crippen molar-refractivity contribution in [1.29, 1.82) is 0 Å². The zero-order valence-corrected chi connectivity index (χ0v) is 11.3. The maximum Gasteiger partial charge on any atom is 0.319 e. The first-order valence-corrected chi connectivity index (χ1v) is 7.05. The first kappa shape index (κ1) is 12.9. The van der Waals surface area contributed by atoms with Crippen molar-refractivity contribution < 1.29 is 4.79 Å². The van der Waals surface area contributed by atoms with Crippen LogP contribution in [0.2, 0.25) is 0 Å². The molecule has 0 aromatic heterocycles. The predicted octanol–water partition coefficient (Wildman–Crippen LogP) is 2.84. The average Bonchev–Trinajstić information content (AvgIpc) is 2.85. The lowest BCUT2D eigenvalue weighted by Gasteiger charge is -2.18. The van der Waals surface area contributed by atoms with Crippen molar-refractivity contribution in [3.05, 3.63) is 42.5 Å². The van der Waals surface area contributed by atoms with E-state index in [4.69, 9.17) is 5.73 Å². The van der Waals surface area contributed by atoms with Gasteiger partial charge in [0.25, 0.3) is 0 Å². The van der Waals surface area contributed by atoms with Crippen molar-refractivity contribution in [2.75, 3.05) is 5.32 Å². The molecule has 1 aliphatic carbocycles. The molecule has 20 heavy (non-hydrogen) atoms. The Morgan fingerprint density at radius 2 is 1.90 bits per heavy atom. The van der Waals surface area contributed by atoms with Crippen molar-refractivity contribution in [3.8, 4) is 0 Å². The summed E-state index contributed by atoms with van der Waals surface area (Å²) < 4.78 is 0. The third-order valence-electron chi connectivity index (χ3n) is 3.92. The van der Waals surface area contributed by atoms with Crippen molar-refractivity contribution in [2.45, 2.75) is 31.3 Å². The number of hydrogen-bond acceptors (Lipinski definition) is 2. The minimum absolute atomic E-state index is 0.0771. The van der Waals surface area contributed by atoms with Gasteiger partial charge in [0.2, 0.25) is 0 Å². The van der Waals surface area contributed by atoms with E-state index in [9.17, 15) is 4.79 Å². The maximum absolute atomic E-state index is 12.1. The van der Waals surface area contributed by atoms with Gasteiger partial charge >= 0.3 is 6.03 Å². The first-order chi connectivity index (χ1) is 9.74. The van der Waals surface area contributed by atoms with Gasteiger partial charge in [-0.3, -0.25) is 0 Å². The van der Waals surface area contributed by atoms with Gasteiger partial charge in [-0.2, -0.15) is 0 Å². The number of amides is 2. The Kier molecular flexibility index (Phi) is 3.56. The summed E-state index contributed by atoms with van der Waals surface area (Å²) in [7, 11) is 0. The molecule has 2 unspecified atom stereocenters. The highest BCUT2D eigenvalue weighted by molar-refractivity contribution is 6.01. The van der Waals surface area contributed by atoms with Crippen molar-refractivity contribution in [2.24, 2.45) is 5.73 Å². The number of nitrogens with one attached hydrogen (secondary N) is 2. The van der Waals surface area contributed by atoms with Crippen molar-refractivity contribution in [3.63, 3.8) is 0 Å². The lowest BCUT2D eigenvalue weighted by molar-refractivity contribution is 0.247. The highest BCUT2D eigenvalue weighted by atomic mass is 16.2. The molecule has 4 nitrogen and oxygen atoms in total. The summed E-state index contributed by atoms with van der Waals surface area (Å²) in [6, 6.07) is 13.9. The van der Waals surface area contributed by atoms with Gasteiger partial charge in [0.05, 0.1) is 5.69 Å². The molecule has 1 aliphatic rings. The van der Waals surface area contributed by atoms with Crippen LogP contribution in [-0.4, -0.2) is 18.1 Å². The minimum atomic E-state index is -0.177. The number of urea groups is 1. The fraction of sp³-hybridized carbons (Fsp3) is 0.312. The number of hydrogen-bond donors (Lipinski definition) is 3. The summed E-state index contributed by atoms with van der Waals surface area (Å²) >= 11 is 0. The minimum Gasteiger partial charge on any atom is -0.334 e. The van der Waals surface area contributed by atoms with Crippen LogP contribution in [0.3, 0.4) is 0 Å². The molecule has 104 valence electrons. The van der Waals surface area contributed by atoms with Crippen LogP contribution in [0.5, 0.6) is 0 Å². The Morgan fingerprint density at radius 3 is 2.70 bits per heavy atom. The highest BCUT2D eigenvalue weighted by Crippen LogP contribution is 2.23. The normalized spacial score (nSPS) is 21.9. The molecule has 4 heteroatoms. The van der Waals surface area contributed by atoms with Gasteiger partial charge in [-0.05, 0) is 30.7 Å². The molecule has 0 radical (unpaired) electrons. The average molecular weight is 269 g/mol. The summed E-state index contributed by atoms with van der Waals surface area (Å²) in [5, 5.41) is 8.05. The molecular weight excluding hydrogens is 250 g/mol. The Bertz CT molecular complexity index is 621. The SMILES string of the molecule is NC1CCCC1NC(=O)Nc1cccc2ccccc12. The summed E-state index contributed by atoms with van der Waals surface area (Å²) in [6.45, 7) is 0. The topological polar surface area (TPSA) is 67.1 Å². The van der Waals surface area contributed by atoms with Crippen LogP contribution in [0.1, 0.15) is 19.3 Å². The van der Waals surface area contributed by atoms with Gasteiger partial charge in [-0.25, -0.2) is 4.79 Å². The number of benzene rings is 2. The van der Waals surface area contributed by atoms with Gasteiger partial charge in [-0.1, -0.05) is 36.4 Å². The van der Waals surface area contributed by atoms with Crippen LogP contribution in [0.4, 0.5) is 10.5 Å². The molecule has 1 fully saturated rings. The lowest BCUT2D eigenvalue weighted by Crippen LogP contribution is -2.45. The van der Waals surface area contributed by atoms with Crippen LogP contribution in [0.15, 0.2) is 42.5 Å². The fourth-order valence-electron chi connectivity index (χ4n) is 2.83.